The van der Waals surface area contributed by atoms with Crippen LogP contribution in [0.5, 0.6) is 40.2 Å². The monoisotopic (exact) mass is 1800 g/mol. The van der Waals surface area contributed by atoms with Gasteiger partial charge in [-0.25, -0.2) is 29.1 Å². The number of hydrogen-bond acceptors (Lipinski definition) is 26. The second kappa shape index (κ2) is 37.2. The molecule has 2 fully saturated rings. The lowest BCUT2D eigenvalue weighted by atomic mass is 9.86. The summed E-state index contributed by atoms with van der Waals surface area (Å²) < 4.78 is 30.0. The number of aromatic amines is 1. The first-order valence-corrected chi connectivity index (χ1v) is 44.5. The maximum absolute atomic E-state index is 13.7. The fourth-order valence-corrected chi connectivity index (χ4v) is 18.9. The van der Waals surface area contributed by atoms with Gasteiger partial charge in [0.05, 0.1) is 75.2 Å². The second-order valence-corrected chi connectivity index (χ2v) is 34.9. The molecule has 2 atom stereocenters. The predicted octanol–water partition coefficient (Wildman–Crippen LogP) is 15.5. The molecule has 12 heterocycles. The molecule has 0 aliphatic carbocycles. The van der Waals surface area contributed by atoms with Gasteiger partial charge in [0.25, 0.3) is 16.8 Å². The van der Waals surface area contributed by atoms with Crippen LogP contribution in [0.25, 0.3) is 72.5 Å². The summed E-state index contributed by atoms with van der Waals surface area (Å²) in [5.41, 5.74) is 16.3. The molecule has 133 heavy (non-hydrogen) atoms. The molecule has 2 saturated heterocycles. The van der Waals surface area contributed by atoms with Gasteiger partial charge in [-0.05, 0) is 174 Å². The number of amides is 1. The molecule has 31 heteroatoms. The standard InChI is InChI=1S/C48H49N5O8.C29H23N3O9.C24H30N4O2.CH4/c1-6-31-33-18-30(12-13-38(33)50-43-35(31)24-53-39(43)20-37-36(45(53)56)25-60-46(57)48(37,59)7-2)61-47(58)52-16-14-51(15-17-52)23-28-8-10-29(11-9-28)42-27(5)22-49-44(42)34-19-32(26(3)4)40(54)21-41(34)55;1-3-18-19-11-17(41-28(35)40-16-7-5-15(6-8-16)32(37)38)9-10-23(19)30-25-20(18)13-31-24(25)12-22-21(26(31)33)14-39-27(34)29(22,36)4-2;1-15(2)19-12-20(22(30)13-21(19)29)24-23(16(3)26-27-24)18-6-4-17(5-7-18)14-28-10-8-25-9-11-28;/h8-13,18-21,26,54-55,59H,6-7,14-17,22-25H2,1-5H3;5-12,36H,3-4,13-14H2,1-2H3;4-7,12-13,15,25,29-30H,8-11,14H2,1-3H3,(H,26,27);1H4/t48-;29-;;/m00../s1. The van der Waals surface area contributed by atoms with Crippen LogP contribution >= 0.6 is 0 Å². The number of allylic oxidation sites excluding steroid dienone is 1. The molecule has 7 aliphatic rings. The van der Waals surface area contributed by atoms with Crippen molar-refractivity contribution in [2.75, 3.05) is 58.9 Å². The number of aryl methyl sites for hydroxylation is 3. The number of aliphatic imine (C=N–C) groups is 1. The molecule has 0 bridgehead atoms. The van der Waals surface area contributed by atoms with Crippen molar-refractivity contribution in [1.29, 1.82) is 0 Å². The van der Waals surface area contributed by atoms with Gasteiger partial charge in [-0.1, -0.05) is 111 Å². The van der Waals surface area contributed by atoms with Crippen molar-refractivity contribution in [3.63, 3.8) is 0 Å². The van der Waals surface area contributed by atoms with Gasteiger partial charge in [-0.3, -0.25) is 39.6 Å². The van der Waals surface area contributed by atoms with Gasteiger partial charge in [-0.15, -0.1) is 0 Å². The Morgan fingerprint density at radius 2 is 1.02 bits per heavy atom. The number of non-ortho nitro benzene ring substituents is 1. The lowest BCUT2D eigenvalue weighted by Crippen LogP contribution is -2.49. The third-order valence-corrected chi connectivity index (χ3v) is 26.2. The lowest BCUT2D eigenvalue weighted by Gasteiger charge is -2.34. The number of piperazine rings is 2. The largest absolute Gasteiger partial charge is 0.519 e. The molecule has 0 radical (unpaired) electrons. The van der Waals surface area contributed by atoms with Crippen LogP contribution in [0.3, 0.4) is 0 Å². The first-order valence-electron chi connectivity index (χ1n) is 44.5. The van der Waals surface area contributed by atoms with E-state index >= 15 is 0 Å². The molecule has 7 aliphatic heterocycles. The number of phenolic OH excluding ortho intramolecular Hbond substituents is 4. The van der Waals surface area contributed by atoms with E-state index in [1.54, 1.807) is 64.3 Å². The van der Waals surface area contributed by atoms with Crippen LogP contribution in [-0.4, -0.2) is 168 Å². The van der Waals surface area contributed by atoms with E-state index in [0.29, 0.717) is 108 Å². The zero-order valence-electron chi connectivity index (χ0n) is 74.9. The number of nitrogens with one attached hydrogen (secondary N) is 2. The second-order valence-electron chi connectivity index (χ2n) is 34.9. The summed E-state index contributed by atoms with van der Waals surface area (Å²) in [5, 5.41) is 87.6. The van der Waals surface area contributed by atoms with E-state index in [-0.39, 0.29) is 125 Å². The Morgan fingerprint density at radius 3 is 1.50 bits per heavy atom. The number of carbonyl (C=O) groups is 4. The Morgan fingerprint density at radius 1 is 0.549 bits per heavy atom. The van der Waals surface area contributed by atoms with Crippen molar-refractivity contribution in [3.8, 4) is 85.4 Å². The van der Waals surface area contributed by atoms with E-state index in [1.165, 1.54) is 42.0 Å². The van der Waals surface area contributed by atoms with Crippen molar-refractivity contribution in [1.82, 2.24) is 49.3 Å². The van der Waals surface area contributed by atoms with Crippen LogP contribution in [0.15, 0.2) is 166 Å². The van der Waals surface area contributed by atoms with Gasteiger partial charge in [0.1, 0.15) is 59.2 Å². The van der Waals surface area contributed by atoms with Crippen molar-refractivity contribution in [3.05, 3.63) is 266 Å². The average molecular weight is 1800 g/mol. The molecular weight excluding hydrogens is 1700 g/mol. The van der Waals surface area contributed by atoms with Crippen LogP contribution in [0.2, 0.25) is 0 Å². The SMILES string of the molecule is C.CCc1c2c(nc3ccc(OC(=O)N4CCN(Cc5ccc(C6=C(C)CN=C6c6cc(C(C)C)c(O)cc6O)cc5)CC4)cc13)-c1cc3c(c(=O)n1C2)COC(=O)[C@]3(O)CC.CCc1c2c(nc3ccc(OC(=O)Oc4ccc([N+](=O)[O-])cc4)cc13)-c1cc3c(c(=O)n1C2)COC(=O)[C@]3(O)CC.Cc1[nH]nc(-c2cc(C(C)C)c(O)cc2O)c1-c1ccc(CN2CCNCC2)cc1. The molecule has 688 valence electrons. The molecule has 7 aromatic carbocycles. The number of aliphatic hydroxyl groups is 2. The molecule has 12 aromatic rings. The molecule has 0 saturated carbocycles. The normalized spacial score (nSPS) is 17.2. The summed E-state index contributed by atoms with van der Waals surface area (Å²) in [7, 11) is 0. The smallest absolute Gasteiger partial charge is 0.508 e. The molecule has 0 unspecified atom stereocenters. The number of aromatic hydroxyl groups is 4. The van der Waals surface area contributed by atoms with Gasteiger partial charge >= 0.3 is 24.2 Å². The molecular formula is C102H106N12O19. The summed E-state index contributed by atoms with van der Waals surface area (Å²) in [6, 6.07) is 42.2. The molecule has 1 amide bonds. The molecule has 8 N–H and O–H groups in total. The number of carbonyl (C=O) groups excluding carboxylic acids is 4. The van der Waals surface area contributed by atoms with Crippen molar-refractivity contribution < 1.29 is 78.4 Å². The third-order valence-electron chi connectivity index (χ3n) is 26.2. The maximum Gasteiger partial charge on any atom is 0.519 e. The Hall–Kier alpha value is -14.2. The third kappa shape index (κ3) is 17.3. The quantitative estimate of drug-likeness (QED) is 0.0171. The molecule has 31 nitrogen and oxygen atoms in total. The van der Waals surface area contributed by atoms with E-state index in [2.05, 4.69) is 80.8 Å². The number of ether oxygens (including phenoxy) is 5. The number of hydrogen-bond donors (Lipinski definition) is 8. The minimum Gasteiger partial charge on any atom is -0.508 e. The minimum absolute atomic E-state index is 0. The predicted molar refractivity (Wildman–Crippen MR) is 501 cm³/mol. The number of aromatic nitrogens is 6. The summed E-state index contributed by atoms with van der Waals surface area (Å²) in [6.07, 6.45) is -0.0902. The Balaban J connectivity index is 0.000000155. The Kier molecular flexibility index (Phi) is 25.7. The van der Waals surface area contributed by atoms with Crippen LogP contribution < -0.4 is 30.6 Å². The molecule has 19 rings (SSSR count). The molecule has 5 aromatic heterocycles. The summed E-state index contributed by atoms with van der Waals surface area (Å²) in [4.78, 5) is 109. The number of nitro groups is 1. The maximum atomic E-state index is 13.7. The molecule has 0 spiro atoms. The average Bonchev–Trinajstić information content (AvgIpc) is 1.59. The summed E-state index contributed by atoms with van der Waals surface area (Å²) in [6.45, 7) is 28.4. The van der Waals surface area contributed by atoms with E-state index in [4.69, 9.17) is 38.6 Å². The number of pyridine rings is 4. The van der Waals surface area contributed by atoms with Gasteiger partial charge < -0.3 is 73.7 Å². The number of H-pyrrole nitrogens is 1. The fourth-order valence-electron chi connectivity index (χ4n) is 18.9. The number of benzene rings is 7. The van der Waals surface area contributed by atoms with E-state index in [0.717, 1.165) is 128 Å². The van der Waals surface area contributed by atoms with Gasteiger partial charge in [-0.2, -0.15) is 5.10 Å². The number of cyclic esters (lactones) is 2. The minimum atomic E-state index is -1.91. The van der Waals surface area contributed by atoms with Crippen LogP contribution in [0.1, 0.15) is 178 Å². The summed E-state index contributed by atoms with van der Waals surface area (Å²) in [5.74, 6) is -0.402. The van der Waals surface area contributed by atoms with Crippen molar-refractivity contribution >= 4 is 63.0 Å². The van der Waals surface area contributed by atoms with Crippen molar-refractivity contribution in [2.24, 2.45) is 4.99 Å². The number of fused-ring (bicyclic) bond motifs is 10. The van der Waals surface area contributed by atoms with Crippen molar-refractivity contribution in [2.45, 2.75) is 165 Å². The highest BCUT2D eigenvalue weighted by Gasteiger charge is 2.48. The number of phenols is 4. The summed E-state index contributed by atoms with van der Waals surface area (Å²) >= 11 is 0. The van der Waals surface area contributed by atoms with Gasteiger partial charge in [0.2, 0.25) is 0 Å². The van der Waals surface area contributed by atoms with E-state index in [9.17, 15) is 69.5 Å². The first-order chi connectivity index (χ1) is 63.4. The highest BCUT2D eigenvalue weighted by Crippen LogP contribution is 2.47. The van der Waals surface area contributed by atoms with E-state index in [1.807, 2.05) is 72.7 Å². The van der Waals surface area contributed by atoms with Gasteiger partial charge in [0.15, 0.2) is 11.2 Å². The number of rotatable bonds is 18. The Bertz CT molecular complexity index is 6880. The van der Waals surface area contributed by atoms with Crippen LogP contribution in [-0.2, 0) is 82.5 Å². The number of esters is 2. The van der Waals surface area contributed by atoms with Gasteiger partial charge in [0, 0.05) is 151 Å². The zero-order chi connectivity index (χ0) is 93.2. The van der Waals surface area contributed by atoms with Crippen LogP contribution in [0.4, 0.5) is 15.3 Å². The highest BCUT2D eigenvalue weighted by molar-refractivity contribution is 6.34. The number of nitro benzene ring substituents is 1. The topological polar surface area (TPSA) is 412 Å². The number of nitrogens with zero attached hydrogens (tertiary/aromatic N) is 10. The highest BCUT2D eigenvalue weighted by atomic mass is 16.7. The van der Waals surface area contributed by atoms with Crippen LogP contribution in [0, 0.1) is 17.0 Å². The first kappa shape index (κ1) is 92.0. The Labute approximate surface area is 766 Å². The van der Waals surface area contributed by atoms with E-state index < -0.39 is 40.3 Å². The lowest BCUT2D eigenvalue weighted by molar-refractivity contribution is -0.384. The zero-order valence-corrected chi connectivity index (χ0v) is 74.9. The fraction of sp³-hybridized carbons (Fsp3) is 0.333.